The molecule has 1 unspecified atom stereocenters. The van der Waals surface area contributed by atoms with E-state index >= 15 is 0 Å². The van der Waals surface area contributed by atoms with Gasteiger partial charge in [-0.05, 0) is 24.9 Å². The first-order valence-electron chi connectivity index (χ1n) is 5.59. The van der Waals surface area contributed by atoms with E-state index in [9.17, 15) is 13.2 Å². The second-order valence-electron chi connectivity index (χ2n) is 4.39. The largest absolute Gasteiger partial charge is 0.340 e. The van der Waals surface area contributed by atoms with Crippen LogP contribution in [0.15, 0.2) is 0 Å². The van der Waals surface area contributed by atoms with Gasteiger partial charge in [0.2, 0.25) is 5.91 Å². The molecule has 1 aliphatic heterocycles. The Kier molecular flexibility index (Phi) is 5.27. The molecule has 2 atom stereocenters. The minimum Gasteiger partial charge on any atom is -0.340 e. The highest BCUT2D eigenvalue weighted by Gasteiger charge is 2.33. The molecule has 1 fully saturated rings. The van der Waals surface area contributed by atoms with Crippen molar-refractivity contribution < 1.29 is 13.2 Å². The fourth-order valence-corrected chi connectivity index (χ4v) is 4.15. The van der Waals surface area contributed by atoms with Crippen molar-refractivity contribution in [1.82, 2.24) is 4.90 Å². The van der Waals surface area contributed by atoms with Crippen molar-refractivity contribution in [3.8, 4) is 0 Å². The molecule has 1 aliphatic rings. The number of sulfone groups is 1. The number of thioether (sulfide) groups is 1. The molecule has 0 spiro atoms. The fraction of sp³-hybridized carbons (Fsp3) is 0.900. The van der Waals surface area contributed by atoms with Crippen LogP contribution in [-0.2, 0) is 14.6 Å². The molecule has 0 radical (unpaired) electrons. The Balaban J connectivity index is 2.52. The predicted octanol–water partition coefficient (Wildman–Crippen LogP) is -0.288. The van der Waals surface area contributed by atoms with Gasteiger partial charge in [0.05, 0.1) is 17.5 Å². The summed E-state index contributed by atoms with van der Waals surface area (Å²) in [4.78, 5) is 13.5. The number of rotatable bonds is 5. The molecule has 1 rings (SSSR count). The molecule has 0 saturated carbocycles. The zero-order valence-electron chi connectivity index (χ0n) is 10.3. The number of carbonyl (C=O) groups is 1. The number of nitrogens with zero attached hydrogens (tertiary/aromatic N) is 1. The van der Waals surface area contributed by atoms with Gasteiger partial charge in [0.15, 0.2) is 9.84 Å². The number of hydrogen-bond donors (Lipinski definition) is 1. The molecule has 7 heteroatoms. The second kappa shape index (κ2) is 6.06. The standard InChI is InChI=1S/C10H20N2O3S2/c1-12(8-4-6-17(14,15)7-8)10(13)9(11)3-5-16-2/h8-9H,3-7,11H2,1-2H3/t8?,9-/m0/s1. The van der Waals surface area contributed by atoms with E-state index < -0.39 is 15.9 Å². The highest BCUT2D eigenvalue weighted by Crippen LogP contribution is 2.17. The Bertz CT molecular complexity index is 370. The van der Waals surface area contributed by atoms with Gasteiger partial charge < -0.3 is 10.6 Å². The molecule has 1 heterocycles. The van der Waals surface area contributed by atoms with Gasteiger partial charge in [0.1, 0.15) is 0 Å². The molecule has 0 aliphatic carbocycles. The van der Waals surface area contributed by atoms with Gasteiger partial charge in [-0.15, -0.1) is 0 Å². The Morgan fingerprint density at radius 3 is 2.71 bits per heavy atom. The molecule has 1 saturated heterocycles. The van der Waals surface area contributed by atoms with E-state index in [1.807, 2.05) is 6.26 Å². The maximum absolute atomic E-state index is 11.9. The molecule has 0 bridgehead atoms. The quantitative estimate of drug-likeness (QED) is 0.748. The summed E-state index contributed by atoms with van der Waals surface area (Å²) in [6, 6.07) is -0.719. The van der Waals surface area contributed by atoms with E-state index in [4.69, 9.17) is 5.73 Å². The van der Waals surface area contributed by atoms with Crippen LogP contribution in [0.3, 0.4) is 0 Å². The fourth-order valence-electron chi connectivity index (χ4n) is 1.89. The van der Waals surface area contributed by atoms with Crippen molar-refractivity contribution in [1.29, 1.82) is 0 Å². The molecule has 100 valence electrons. The van der Waals surface area contributed by atoms with Gasteiger partial charge >= 0.3 is 0 Å². The third kappa shape index (κ3) is 4.15. The molecule has 1 amide bonds. The van der Waals surface area contributed by atoms with E-state index in [1.54, 1.807) is 18.8 Å². The van der Waals surface area contributed by atoms with Crippen LogP contribution in [0.1, 0.15) is 12.8 Å². The van der Waals surface area contributed by atoms with E-state index in [-0.39, 0.29) is 23.5 Å². The van der Waals surface area contributed by atoms with Crippen LogP contribution in [0.5, 0.6) is 0 Å². The zero-order chi connectivity index (χ0) is 13.1. The highest BCUT2D eigenvalue weighted by atomic mass is 32.2. The topological polar surface area (TPSA) is 80.5 Å². The van der Waals surface area contributed by atoms with Crippen LogP contribution in [0.25, 0.3) is 0 Å². The molecule has 0 aromatic rings. The Morgan fingerprint density at radius 1 is 1.59 bits per heavy atom. The van der Waals surface area contributed by atoms with E-state index in [2.05, 4.69) is 0 Å². The summed E-state index contributed by atoms with van der Waals surface area (Å²) < 4.78 is 22.7. The number of likely N-dealkylation sites (N-methyl/N-ethyl adjacent to an activating group) is 1. The van der Waals surface area contributed by atoms with Gasteiger partial charge in [0.25, 0.3) is 0 Å². The third-order valence-corrected chi connectivity index (χ3v) is 5.45. The van der Waals surface area contributed by atoms with Crippen LogP contribution >= 0.6 is 11.8 Å². The summed E-state index contributed by atoms with van der Waals surface area (Å²) in [6.07, 6.45) is 3.12. The minimum atomic E-state index is -2.96. The summed E-state index contributed by atoms with van der Waals surface area (Å²) in [5.74, 6) is 0.935. The second-order valence-corrected chi connectivity index (χ2v) is 7.61. The van der Waals surface area contributed by atoms with Crippen LogP contribution in [0.4, 0.5) is 0 Å². The molecule has 2 N–H and O–H groups in total. The third-order valence-electron chi connectivity index (χ3n) is 3.05. The molecule has 0 aromatic carbocycles. The van der Waals surface area contributed by atoms with Crippen LogP contribution in [-0.4, -0.2) is 61.9 Å². The smallest absolute Gasteiger partial charge is 0.239 e. The first-order chi connectivity index (χ1) is 7.87. The zero-order valence-corrected chi connectivity index (χ0v) is 11.9. The average Bonchev–Trinajstić information content (AvgIpc) is 2.64. The van der Waals surface area contributed by atoms with Crippen molar-refractivity contribution >= 4 is 27.5 Å². The lowest BCUT2D eigenvalue weighted by Crippen LogP contribution is -2.47. The average molecular weight is 280 g/mol. The number of amides is 1. The predicted molar refractivity (Wildman–Crippen MR) is 70.8 cm³/mol. The van der Waals surface area contributed by atoms with Gasteiger partial charge in [-0.25, -0.2) is 8.42 Å². The van der Waals surface area contributed by atoms with Crippen molar-refractivity contribution in [3.05, 3.63) is 0 Å². The van der Waals surface area contributed by atoms with E-state index in [0.717, 1.165) is 5.75 Å². The van der Waals surface area contributed by atoms with Crippen LogP contribution < -0.4 is 5.73 Å². The van der Waals surface area contributed by atoms with Gasteiger partial charge in [0, 0.05) is 13.1 Å². The van der Waals surface area contributed by atoms with E-state index in [1.165, 1.54) is 4.90 Å². The SMILES string of the molecule is CSCC[C@H](N)C(=O)N(C)C1CCS(=O)(=O)C1. The van der Waals surface area contributed by atoms with Gasteiger partial charge in [-0.1, -0.05) is 0 Å². The Hall–Kier alpha value is -0.270. The monoisotopic (exact) mass is 280 g/mol. The first-order valence-corrected chi connectivity index (χ1v) is 8.80. The lowest BCUT2D eigenvalue weighted by atomic mass is 10.1. The number of nitrogens with two attached hydrogens (primary N) is 1. The lowest BCUT2D eigenvalue weighted by molar-refractivity contribution is -0.132. The van der Waals surface area contributed by atoms with Gasteiger partial charge in [-0.2, -0.15) is 11.8 Å². The molecule has 17 heavy (non-hydrogen) atoms. The normalized spacial score (nSPS) is 24.5. The van der Waals surface area contributed by atoms with Crippen molar-refractivity contribution in [2.45, 2.75) is 24.9 Å². The lowest BCUT2D eigenvalue weighted by Gasteiger charge is -2.26. The molecule has 5 nitrogen and oxygen atoms in total. The summed E-state index contributed by atoms with van der Waals surface area (Å²) in [6.45, 7) is 0. The maximum Gasteiger partial charge on any atom is 0.239 e. The summed E-state index contributed by atoms with van der Waals surface area (Å²) >= 11 is 1.64. The Morgan fingerprint density at radius 2 is 2.24 bits per heavy atom. The van der Waals surface area contributed by atoms with E-state index in [0.29, 0.717) is 12.8 Å². The number of hydrogen-bond acceptors (Lipinski definition) is 5. The minimum absolute atomic E-state index is 0.0739. The van der Waals surface area contributed by atoms with Crippen molar-refractivity contribution in [2.75, 3.05) is 30.6 Å². The van der Waals surface area contributed by atoms with Crippen LogP contribution in [0, 0.1) is 0 Å². The maximum atomic E-state index is 11.9. The summed E-state index contributed by atoms with van der Waals surface area (Å²) in [7, 11) is -1.31. The molecular weight excluding hydrogens is 260 g/mol. The highest BCUT2D eigenvalue weighted by molar-refractivity contribution is 7.98. The molecular formula is C10H20N2O3S2. The summed E-state index contributed by atoms with van der Waals surface area (Å²) in [5, 5.41) is 0. The summed E-state index contributed by atoms with van der Waals surface area (Å²) in [5.41, 5.74) is 5.79. The van der Waals surface area contributed by atoms with Crippen molar-refractivity contribution in [3.63, 3.8) is 0 Å². The van der Waals surface area contributed by atoms with Crippen LogP contribution in [0.2, 0.25) is 0 Å². The number of carbonyl (C=O) groups excluding carboxylic acids is 1. The Labute approximate surface area is 107 Å². The molecule has 0 aromatic heterocycles. The first kappa shape index (κ1) is 14.8. The van der Waals surface area contributed by atoms with Gasteiger partial charge in [-0.3, -0.25) is 4.79 Å². The van der Waals surface area contributed by atoms with Crippen molar-refractivity contribution in [2.24, 2.45) is 5.73 Å².